The molecule has 0 amide bonds. The van der Waals surface area contributed by atoms with Crippen molar-refractivity contribution in [1.29, 1.82) is 0 Å². The van der Waals surface area contributed by atoms with Crippen LogP contribution in [0.3, 0.4) is 0 Å². The summed E-state index contributed by atoms with van der Waals surface area (Å²) in [7, 11) is 0. The van der Waals surface area contributed by atoms with E-state index in [0.717, 1.165) is 0 Å². The van der Waals surface area contributed by atoms with Gasteiger partial charge in [0, 0.05) is 63.8 Å². The Morgan fingerprint density at radius 1 is 0.500 bits per heavy atom. The minimum absolute atomic E-state index is 0.00230. The van der Waals surface area contributed by atoms with Crippen LogP contribution in [0, 0.1) is 0 Å². The van der Waals surface area contributed by atoms with Crippen LogP contribution in [0.5, 0.6) is 28.7 Å². The summed E-state index contributed by atoms with van der Waals surface area (Å²) < 4.78 is 26.4. The number of carbonyl (C=O) groups is 6. The van der Waals surface area contributed by atoms with Crippen molar-refractivity contribution in [1.82, 2.24) is 0 Å². The molecule has 11 heteroatoms. The van der Waals surface area contributed by atoms with Crippen LogP contribution in [-0.4, -0.2) is 35.6 Å². The first kappa shape index (κ1) is 29.7. The Balaban J connectivity index is 1.98. The molecule has 0 fully saturated rings. The fourth-order valence-corrected chi connectivity index (χ4v) is 4.91. The molecule has 0 unspecified atom stereocenters. The SMILES string of the molecule is CC(=O)Oc1ccc([C@@H]2c3c(OC(C)=O)cc(OC(C)=O)cc3C(=O)[C@H]2c2cc(OC(C)=O)cc(OC(C)=O)c2)cc1. The molecule has 0 N–H and O–H groups in total. The number of fused-ring (bicyclic) bond motifs is 1. The molecule has 42 heavy (non-hydrogen) atoms. The number of hydrogen-bond acceptors (Lipinski definition) is 11. The first-order valence-electron chi connectivity index (χ1n) is 12.7. The van der Waals surface area contributed by atoms with E-state index in [9.17, 15) is 28.8 Å². The van der Waals surface area contributed by atoms with Gasteiger partial charge in [-0.15, -0.1) is 0 Å². The smallest absolute Gasteiger partial charge is 0.308 e. The Morgan fingerprint density at radius 3 is 1.43 bits per heavy atom. The molecule has 0 saturated carbocycles. The number of carbonyl (C=O) groups excluding carboxylic acids is 6. The summed E-state index contributed by atoms with van der Waals surface area (Å²) in [6.07, 6.45) is 0. The quantitative estimate of drug-likeness (QED) is 0.291. The molecule has 2 atom stereocenters. The van der Waals surface area contributed by atoms with Crippen molar-refractivity contribution in [2.24, 2.45) is 0 Å². The van der Waals surface area contributed by atoms with Gasteiger partial charge in [0.05, 0.1) is 5.92 Å². The minimum atomic E-state index is -1.01. The van der Waals surface area contributed by atoms with Gasteiger partial charge in [0.25, 0.3) is 0 Å². The maximum atomic E-state index is 14.2. The van der Waals surface area contributed by atoms with Crippen LogP contribution in [-0.2, 0) is 24.0 Å². The average Bonchev–Trinajstić information content (AvgIpc) is 3.15. The molecule has 0 aliphatic heterocycles. The molecule has 1 aliphatic rings. The van der Waals surface area contributed by atoms with Gasteiger partial charge in [-0.3, -0.25) is 28.8 Å². The molecule has 1 aliphatic carbocycles. The third-order valence-electron chi connectivity index (χ3n) is 6.11. The minimum Gasteiger partial charge on any atom is -0.427 e. The largest absolute Gasteiger partial charge is 0.427 e. The van der Waals surface area contributed by atoms with E-state index in [2.05, 4.69) is 0 Å². The van der Waals surface area contributed by atoms with E-state index in [1.54, 1.807) is 24.3 Å². The number of benzene rings is 3. The molecule has 0 radical (unpaired) electrons. The third-order valence-corrected chi connectivity index (χ3v) is 6.11. The van der Waals surface area contributed by atoms with Gasteiger partial charge in [0.1, 0.15) is 28.7 Å². The second-order valence-electron chi connectivity index (χ2n) is 9.48. The summed E-state index contributed by atoms with van der Waals surface area (Å²) in [4.78, 5) is 73.0. The Morgan fingerprint density at radius 2 is 0.952 bits per heavy atom. The topological polar surface area (TPSA) is 149 Å². The van der Waals surface area contributed by atoms with Crippen LogP contribution in [0.1, 0.15) is 73.5 Å². The highest BCUT2D eigenvalue weighted by Gasteiger charge is 2.45. The van der Waals surface area contributed by atoms with Gasteiger partial charge in [-0.05, 0) is 41.5 Å². The number of Topliss-reactive ketones (excluding diaryl/α,β-unsaturated/α-hetero) is 1. The molecule has 3 aromatic rings. The van der Waals surface area contributed by atoms with Crippen LogP contribution in [0.25, 0.3) is 0 Å². The van der Waals surface area contributed by atoms with Crippen molar-refractivity contribution in [2.45, 2.75) is 46.5 Å². The maximum Gasteiger partial charge on any atom is 0.308 e. The zero-order chi connectivity index (χ0) is 30.7. The molecule has 3 aromatic carbocycles. The zero-order valence-electron chi connectivity index (χ0n) is 23.3. The number of ketones is 1. The monoisotopic (exact) mass is 574 g/mol. The molecule has 0 saturated heterocycles. The van der Waals surface area contributed by atoms with E-state index >= 15 is 0 Å². The van der Waals surface area contributed by atoms with Gasteiger partial charge in [0.15, 0.2) is 5.78 Å². The van der Waals surface area contributed by atoms with Gasteiger partial charge in [0.2, 0.25) is 0 Å². The predicted molar refractivity (Wildman–Crippen MR) is 145 cm³/mol. The highest BCUT2D eigenvalue weighted by atomic mass is 16.6. The standard InChI is InChI=1S/C31H26O11/c1-15(32)38-22-8-6-20(7-9-22)28-29(21-10-23(39-16(2)33)12-24(11-21)40-17(3)34)31(37)26-13-25(41-18(4)35)14-27(30(26)28)42-19(5)36/h6-14,28-29H,1-5H3/t28-,29-/m0/s1. The lowest BCUT2D eigenvalue weighted by molar-refractivity contribution is -0.133. The van der Waals surface area contributed by atoms with E-state index < -0.39 is 47.5 Å². The Bertz CT molecular complexity index is 1580. The summed E-state index contributed by atoms with van der Waals surface area (Å²) in [5, 5.41) is 0. The van der Waals surface area contributed by atoms with Gasteiger partial charge in [-0.2, -0.15) is 0 Å². The van der Waals surface area contributed by atoms with Crippen molar-refractivity contribution in [3.05, 3.63) is 76.9 Å². The Hall–Kier alpha value is -5.32. The van der Waals surface area contributed by atoms with Crippen LogP contribution < -0.4 is 23.7 Å². The van der Waals surface area contributed by atoms with Crippen molar-refractivity contribution < 1.29 is 52.5 Å². The first-order chi connectivity index (χ1) is 19.8. The van der Waals surface area contributed by atoms with Gasteiger partial charge in [-0.1, -0.05) is 12.1 Å². The van der Waals surface area contributed by atoms with Crippen molar-refractivity contribution in [3.63, 3.8) is 0 Å². The van der Waals surface area contributed by atoms with E-state index in [4.69, 9.17) is 23.7 Å². The van der Waals surface area contributed by atoms with Crippen LogP contribution in [0.4, 0.5) is 0 Å². The molecule has 216 valence electrons. The third kappa shape index (κ3) is 6.69. The van der Waals surface area contributed by atoms with Gasteiger partial charge >= 0.3 is 29.8 Å². The van der Waals surface area contributed by atoms with Gasteiger partial charge in [-0.25, -0.2) is 0 Å². The summed E-state index contributed by atoms with van der Waals surface area (Å²) in [6.45, 7) is 6.04. The summed E-state index contributed by atoms with van der Waals surface area (Å²) in [5.41, 5.74) is 1.35. The predicted octanol–water partition coefficient (Wildman–Crippen LogP) is 4.43. The fraction of sp³-hybridized carbons (Fsp3) is 0.226. The molecule has 0 spiro atoms. The normalized spacial score (nSPS) is 15.3. The Labute approximate surface area is 240 Å². The highest BCUT2D eigenvalue weighted by Crippen LogP contribution is 2.53. The lowest BCUT2D eigenvalue weighted by Gasteiger charge is -2.23. The summed E-state index contributed by atoms with van der Waals surface area (Å²) in [5.74, 6) is -5.03. The molecule has 0 heterocycles. The maximum absolute atomic E-state index is 14.2. The molecular weight excluding hydrogens is 548 g/mol. The molecule has 4 rings (SSSR count). The number of ether oxygens (including phenoxy) is 5. The van der Waals surface area contributed by atoms with Crippen LogP contribution >= 0.6 is 0 Å². The van der Waals surface area contributed by atoms with Crippen molar-refractivity contribution in [2.75, 3.05) is 0 Å². The van der Waals surface area contributed by atoms with Crippen molar-refractivity contribution >= 4 is 35.6 Å². The van der Waals surface area contributed by atoms with E-state index in [1.807, 2.05) is 0 Å². The zero-order valence-corrected chi connectivity index (χ0v) is 23.3. The van der Waals surface area contributed by atoms with E-state index in [1.165, 1.54) is 65.0 Å². The molecule has 11 nitrogen and oxygen atoms in total. The second kappa shape index (κ2) is 12.0. The molecule has 0 bridgehead atoms. The average molecular weight is 575 g/mol. The number of hydrogen-bond donors (Lipinski definition) is 0. The Kier molecular flexibility index (Phi) is 8.51. The van der Waals surface area contributed by atoms with E-state index in [-0.39, 0.29) is 34.3 Å². The van der Waals surface area contributed by atoms with E-state index in [0.29, 0.717) is 16.7 Å². The lowest BCUT2D eigenvalue weighted by atomic mass is 9.81. The number of rotatable bonds is 7. The summed E-state index contributed by atoms with van der Waals surface area (Å²) in [6, 6.07) is 13.4. The van der Waals surface area contributed by atoms with Crippen molar-refractivity contribution in [3.8, 4) is 28.7 Å². The lowest BCUT2D eigenvalue weighted by Crippen LogP contribution is -2.15. The van der Waals surface area contributed by atoms with Crippen LogP contribution in [0.15, 0.2) is 54.6 Å². The highest BCUT2D eigenvalue weighted by molar-refractivity contribution is 6.08. The van der Waals surface area contributed by atoms with Crippen LogP contribution in [0.2, 0.25) is 0 Å². The fourth-order valence-electron chi connectivity index (χ4n) is 4.91. The van der Waals surface area contributed by atoms with Gasteiger partial charge < -0.3 is 23.7 Å². The first-order valence-corrected chi connectivity index (χ1v) is 12.7. The molecular formula is C31H26O11. The second-order valence-corrected chi connectivity index (χ2v) is 9.48. The number of esters is 5. The summed E-state index contributed by atoms with van der Waals surface area (Å²) >= 11 is 0. The molecule has 0 aromatic heterocycles.